The first kappa shape index (κ1) is 15.3. The van der Waals surface area contributed by atoms with Gasteiger partial charge in [-0.2, -0.15) is 5.10 Å². The number of likely N-dealkylation sites (tertiary alicyclic amines) is 1. The van der Waals surface area contributed by atoms with E-state index in [1.165, 1.54) is 0 Å². The molecule has 1 aliphatic rings. The Morgan fingerprint density at radius 3 is 3.17 bits per heavy atom. The van der Waals surface area contributed by atoms with E-state index in [0.717, 1.165) is 31.4 Å². The molecule has 0 aromatic carbocycles. The van der Waals surface area contributed by atoms with Crippen LogP contribution in [0.5, 0.6) is 5.75 Å². The summed E-state index contributed by atoms with van der Waals surface area (Å²) in [6.07, 6.45) is 10.1. The Bertz CT molecular complexity index is 602. The first-order valence-corrected chi connectivity index (χ1v) is 7.90. The fourth-order valence-corrected chi connectivity index (χ4v) is 2.83. The maximum absolute atomic E-state index is 12.4. The molecule has 2 aromatic heterocycles. The van der Waals surface area contributed by atoms with Crippen LogP contribution < -0.4 is 10.1 Å². The third-order valence-electron chi connectivity index (χ3n) is 3.95. The zero-order valence-corrected chi connectivity index (χ0v) is 12.9. The van der Waals surface area contributed by atoms with E-state index in [-0.39, 0.29) is 12.1 Å². The lowest BCUT2D eigenvalue weighted by Crippen LogP contribution is -2.45. The van der Waals surface area contributed by atoms with Crippen molar-refractivity contribution in [3.63, 3.8) is 0 Å². The Morgan fingerprint density at radius 1 is 1.43 bits per heavy atom. The largest absolute Gasteiger partial charge is 0.490 e. The predicted octanol–water partition coefficient (Wildman–Crippen LogP) is 2.12. The summed E-state index contributed by atoms with van der Waals surface area (Å²) >= 11 is 0. The van der Waals surface area contributed by atoms with Gasteiger partial charge in [-0.15, -0.1) is 0 Å². The summed E-state index contributed by atoms with van der Waals surface area (Å²) in [6.45, 7) is 1.65. The number of carbonyl (C=O) groups excluding carboxylic acids is 1. The SMILES string of the molecule is O=C(NCCOc1cccnc1)N1CCCC[C@H]1c1cn[nH]c1. The zero-order valence-electron chi connectivity index (χ0n) is 12.9. The van der Waals surface area contributed by atoms with Gasteiger partial charge in [0.15, 0.2) is 0 Å². The molecule has 23 heavy (non-hydrogen) atoms. The molecular formula is C16H21N5O2. The molecule has 7 nitrogen and oxygen atoms in total. The number of aromatic amines is 1. The third-order valence-corrected chi connectivity index (χ3v) is 3.95. The molecular weight excluding hydrogens is 294 g/mol. The average Bonchev–Trinajstić information content (AvgIpc) is 3.14. The Balaban J connectivity index is 1.48. The van der Waals surface area contributed by atoms with E-state index >= 15 is 0 Å². The van der Waals surface area contributed by atoms with Crippen LogP contribution in [0.2, 0.25) is 0 Å². The highest BCUT2D eigenvalue weighted by Gasteiger charge is 2.28. The number of urea groups is 1. The fraction of sp³-hybridized carbons (Fsp3) is 0.438. The van der Waals surface area contributed by atoms with Crippen LogP contribution in [-0.2, 0) is 0 Å². The summed E-state index contributed by atoms with van der Waals surface area (Å²) in [5, 5.41) is 9.74. The van der Waals surface area contributed by atoms with Crippen LogP contribution >= 0.6 is 0 Å². The second-order valence-electron chi connectivity index (χ2n) is 5.51. The van der Waals surface area contributed by atoms with E-state index in [1.807, 2.05) is 23.2 Å². The number of pyridine rings is 1. The van der Waals surface area contributed by atoms with Crippen molar-refractivity contribution in [2.24, 2.45) is 0 Å². The molecule has 2 amide bonds. The van der Waals surface area contributed by atoms with Gasteiger partial charge in [-0.05, 0) is 31.4 Å². The van der Waals surface area contributed by atoms with Gasteiger partial charge < -0.3 is 15.0 Å². The average molecular weight is 315 g/mol. The second kappa shape index (κ2) is 7.62. The number of hydrogen-bond acceptors (Lipinski definition) is 4. The van der Waals surface area contributed by atoms with Crippen molar-refractivity contribution in [3.05, 3.63) is 42.5 Å². The normalized spacial score (nSPS) is 17.7. The highest BCUT2D eigenvalue weighted by atomic mass is 16.5. The quantitative estimate of drug-likeness (QED) is 0.828. The van der Waals surface area contributed by atoms with Gasteiger partial charge in [-0.25, -0.2) is 4.79 Å². The zero-order chi connectivity index (χ0) is 15.9. The number of nitrogens with one attached hydrogen (secondary N) is 2. The smallest absolute Gasteiger partial charge is 0.318 e. The number of nitrogens with zero attached hydrogens (tertiary/aromatic N) is 3. The Kier molecular flexibility index (Phi) is 5.08. The van der Waals surface area contributed by atoms with Crippen molar-refractivity contribution < 1.29 is 9.53 Å². The number of amides is 2. The van der Waals surface area contributed by atoms with Crippen molar-refractivity contribution in [3.8, 4) is 5.75 Å². The molecule has 2 N–H and O–H groups in total. The topological polar surface area (TPSA) is 83.1 Å². The number of H-pyrrole nitrogens is 1. The van der Waals surface area contributed by atoms with Gasteiger partial charge in [0.05, 0.1) is 25.0 Å². The maximum Gasteiger partial charge on any atom is 0.318 e. The van der Waals surface area contributed by atoms with Gasteiger partial charge in [0, 0.05) is 24.5 Å². The lowest BCUT2D eigenvalue weighted by Gasteiger charge is -2.35. The minimum absolute atomic E-state index is 0.0503. The molecule has 0 radical (unpaired) electrons. The summed E-state index contributed by atoms with van der Waals surface area (Å²) in [5.74, 6) is 0.705. The summed E-state index contributed by atoms with van der Waals surface area (Å²) in [4.78, 5) is 18.3. The molecule has 3 rings (SSSR count). The number of piperidine rings is 1. The molecule has 1 saturated heterocycles. The van der Waals surface area contributed by atoms with E-state index in [9.17, 15) is 4.79 Å². The van der Waals surface area contributed by atoms with E-state index < -0.39 is 0 Å². The number of ether oxygens (including phenoxy) is 1. The van der Waals surface area contributed by atoms with Crippen LogP contribution in [0.3, 0.4) is 0 Å². The standard InChI is InChI=1S/C16H21N5O2/c22-16(18-7-9-23-14-4-3-6-17-12-14)21-8-2-1-5-15(21)13-10-19-20-11-13/h3-4,6,10-12,15H,1-2,5,7-9H2,(H,18,22)(H,19,20)/t15-/m0/s1. The summed E-state index contributed by atoms with van der Waals surface area (Å²) in [5.41, 5.74) is 1.06. The van der Waals surface area contributed by atoms with Gasteiger partial charge in [-0.3, -0.25) is 10.1 Å². The van der Waals surface area contributed by atoms with Crippen molar-refractivity contribution in [1.82, 2.24) is 25.4 Å². The first-order chi connectivity index (χ1) is 11.3. The molecule has 3 heterocycles. The number of carbonyl (C=O) groups is 1. The minimum Gasteiger partial charge on any atom is -0.490 e. The lowest BCUT2D eigenvalue weighted by molar-refractivity contribution is 0.150. The van der Waals surface area contributed by atoms with Gasteiger partial charge in [-0.1, -0.05) is 0 Å². The Hall–Kier alpha value is -2.57. The van der Waals surface area contributed by atoms with Crippen LogP contribution in [-0.4, -0.2) is 45.8 Å². The predicted molar refractivity (Wildman–Crippen MR) is 85.0 cm³/mol. The molecule has 0 saturated carbocycles. The Morgan fingerprint density at radius 2 is 2.39 bits per heavy atom. The fourth-order valence-electron chi connectivity index (χ4n) is 2.83. The molecule has 1 fully saturated rings. The van der Waals surface area contributed by atoms with E-state index in [1.54, 1.807) is 18.6 Å². The van der Waals surface area contributed by atoms with E-state index in [4.69, 9.17) is 4.74 Å². The molecule has 0 spiro atoms. The van der Waals surface area contributed by atoms with Crippen molar-refractivity contribution in [1.29, 1.82) is 0 Å². The second-order valence-corrected chi connectivity index (χ2v) is 5.51. The molecule has 0 unspecified atom stereocenters. The summed E-state index contributed by atoms with van der Waals surface area (Å²) in [7, 11) is 0. The highest BCUT2D eigenvalue weighted by Crippen LogP contribution is 2.30. The van der Waals surface area contributed by atoms with E-state index in [2.05, 4.69) is 20.5 Å². The molecule has 1 atom stereocenters. The van der Waals surface area contributed by atoms with Crippen LogP contribution in [0.15, 0.2) is 36.9 Å². The molecule has 122 valence electrons. The Labute approximate surface area is 135 Å². The summed E-state index contributed by atoms with van der Waals surface area (Å²) in [6, 6.07) is 3.71. The third kappa shape index (κ3) is 4.00. The maximum atomic E-state index is 12.4. The molecule has 1 aliphatic heterocycles. The summed E-state index contributed by atoms with van der Waals surface area (Å²) < 4.78 is 5.53. The van der Waals surface area contributed by atoms with Gasteiger partial charge in [0.2, 0.25) is 0 Å². The minimum atomic E-state index is -0.0503. The molecule has 2 aromatic rings. The van der Waals surface area contributed by atoms with Crippen LogP contribution in [0.25, 0.3) is 0 Å². The van der Waals surface area contributed by atoms with Gasteiger partial charge in [0.25, 0.3) is 0 Å². The van der Waals surface area contributed by atoms with Crippen molar-refractivity contribution in [2.45, 2.75) is 25.3 Å². The molecule has 0 aliphatic carbocycles. The van der Waals surface area contributed by atoms with Crippen molar-refractivity contribution >= 4 is 6.03 Å². The first-order valence-electron chi connectivity index (χ1n) is 7.90. The van der Waals surface area contributed by atoms with Gasteiger partial charge >= 0.3 is 6.03 Å². The van der Waals surface area contributed by atoms with Gasteiger partial charge in [0.1, 0.15) is 12.4 Å². The number of hydrogen-bond donors (Lipinski definition) is 2. The van der Waals surface area contributed by atoms with E-state index in [0.29, 0.717) is 18.9 Å². The lowest BCUT2D eigenvalue weighted by atomic mass is 9.98. The van der Waals surface area contributed by atoms with Crippen LogP contribution in [0.1, 0.15) is 30.9 Å². The highest BCUT2D eigenvalue weighted by molar-refractivity contribution is 5.74. The van der Waals surface area contributed by atoms with Crippen molar-refractivity contribution in [2.75, 3.05) is 19.7 Å². The molecule has 0 bridgehead atoms. The van der Waals surface area contributed by atoms with Crippen LogP contribution in [0.4, 0.5) is 4.79 Å². The monoisotopic (exact) mass is 315 g/mol. The van der Waals surface area contributed by atoms with Crippen LogP contribution in [0, 0.1) is 0 Å². The number of aromatic nitrogens is 3. The number of rotatable bonds is 5. The molecule has 7 heteroatoms.